The number of allylic oxidation sites excluding steroid dienone is 4. The maximum absolute atomic E-state index is 10.8. The topological polar surface area (TPSA) is 26.3 Å². The van der Waals surface area contributed by atoms with Crippen molar-refractivity contribution in [1.29, 1.82) is 0 Å². The molecule has 72 valence electrons. The van der Waals surface area contributed by atoms with E-state index in [4.69, 9.17) is 0 Å². The van der Waals surface area contributed by atoms with Crippen LogP contribution in [-0.4, -0.2) is 13.1 Å². The lowest BCUT2D eigenvalue weighted by atomic mass is 10.2. The number of rotatable bonds is 4. The van der Waals surface area contributed by atoms with Gasteiger partial charge >= 0.3 is 5.97 Å². The number of hydrogen-bond donors (Lipinski definition) is 0. The van der Waals surface area contributed by atoms with Crippen molar-refractivity contribution < 1.29 is 9.53 Å². The first-order valence-electron chi connectivity index (χ1n) is 4.12. The summed E-state index contributed by atoms with van der Waals surface area (Å²) in [7, 11) is 1.39. The molecule has 0 rings (SSSR count). The SMILES string of the molecule is C=C(C)/C=C/C=C(\C)CC(=O)OC. The van der Waals surface area contributed by atoms with Crippen LogP contribution in [0.1, 0.15) is 20.3 Å². The van der Waals surface area contributed by atoms with Gasteiger partial charge in [0, 0.05) is 0 Å². The largest absolute Gasteiger partial charge is 0.469 e. The average molecular weight is 180 g/mol. The zero-order chi connectivity index (χ0) is 10.3. The zero-order valence-corrected chi connectivity index (χ0v) is 8.46. The summed E-state index contributed by atoms with van der Waals surface area (Å²) >= 11 is 0. The van der Waals surface area contributed by atoms with Gasteiger partial charge in [0.2, 0.25) is 0 Å². The van der Waals surface area contributed by atoms with Crippen LogP contribution in [0.5, 0.6) is 0 Å². The minimum atomic E-state index is -0.211. The summed E-state index contributed by atoms with van der Waals surface area (Å²) in [5, 5.41) is 0. The fraction of sp³-hybridized carbons (Fsp3) is 0.364. The van der Waals surface area contributed by atoms with Crippen molar-refractivity contribution in [2.24, 2.45) is 0 Å². The second-order valence-electron chi connectivity index (χ2n) is 2.97. The predicted molar refractivity (Wildman–Crippen MR) is 54.3 cm³/mol. The fourth-order valence-corrected chi connectivity index (χ4v) is 0.735. The molecule has 0 bridgehead atoms. The molecule has 0 amide bonds. The monoisotopic (exact) mass is 180 g/mol. The van der Waals surface area contributed by atoms with Gasteiger partial charge in [-0.05, 0) is 13.8 Å². The number of hydrogen-bond acceptors (Lipinski definition) is 2. The molecule has 0 heterocycles. The van der Waals surface area contributed by atoms with E-state index in [2.05, 4.69) is 11.3 Å². The Labute approximate surface area is 79.6 Å². The molecule has 2 heteroatoms. The summed E-state index contributed by atoms with van der Waals surface area (Å²) in [4.78, 5) is 10.8. The molecule has 0 radical (unpaired) electrons. The van der Waals surface area contributed by atoms with Gasteiger partial charge in [-0.25, -0.2) is 0 Å². The second kappa shape index (κ2) is 6.23. The highest BCUT2D eigenvalue weighted by molar-refractivity contribution is 5.72. The van der Waals surface area contributed by atoms with Crippen LogP contribution in [0.4, 0.5) is 0 Å². The Hall–Kier alpha value is -1.31. The minimum absolute atomic E-state index is 0.211. The van der Waals surface area contributed by atoms with Crippen molar-refractivity contribution in [3.63, 3.8) is 0 Å². The van der Waals surface area contributed by atoms with Crippen LogP contribution in [0.3, 0.4) is 0 Å². The number of esters is 1. The van der Waals surface area contributed by atoms with E-state index < -0.39 is 0 Å². The van der Waals surface area contributed by atoms with E-state index >= 15 is 0 Å². The molecule has 0 aromatic rings. The van der Waals surface area contributed by atoms with Crippen molar-refractivity contribution in [3.05, 3.63) is 36.0 Å². The van der Waals surface area contributed by atoms with Crippen LogP contribution in [0.2, 0.25) is 0 Å². The van der Waals surface area contributed by atoms with Crippen molar-refractivity contribution in [3.8, 4) is 0 Å². The predicted octanol–water partition coefficient (Wildman–Crippen LogP) is 2.63. The highest BCUT2D eigenvalue weighted by Gasteiger charge is 1.98. The summed E-state index contributed by atoms with van der Waals surface area (Å²) in [5.74, 6) is -0.211. The third kappa shape index (κ3) is 7.06. The lowest BCUT2D eigenvalue weighted by Crippen LogP contribution is -1.99. The van der Waals surface area contributed by atoms with E-state index in [0.29, 0.717) is 6.42 Å². The van der Waals surface area contributed by atoms with Gasteiger partial charge in [0.15, 0.2) is 0 Å². The Bertz CT molecular complexity index is 247. The van der Waals surface area contributed by atoms with Gasteiger partial charge in [0.1, 0.15) is 0 Å². The van der Waals surface area contributed by atoms with E-state index in [1.54, 1.807) is 0 Å². The first-order chi connectivity index (χ1) is 6.06. The molecule has 0 saturated heterocycles. The Morgan fingerprint density at radius 1 is 1.46 bits per heavy atom. The summed E-state index contributed by atoms with van der Waals surface area (Å²) in [6, 6.07) is 0. The molecule has 0 saturated carbocycles. The number of carbonyl (C=O) groups is 1. The quantitative estimate of drug-likeness (QED) is 0.491. The average Bonchev–Trinajstić information content (AvgIpc) is 2.03. The molecule has 0 aromatic heterocycles. The maximum atomic E-state index is 10.8. The van der Waals surface area contributed by atoms with Crippen LogP contribution < -0.4 is 0 Å². The molecule has 0 aliphatic rings. The molecule has 2 nitrogen and oxygen atoms in total. The smallest absolute Gasteiger partial charge is 0.309 e. The first-order valence-corrected chi connectivity index (χ1v) is 4.12. The van der Waals surface area contributed by atoms with E-state index in [9.17, 15) is 4.79 Å². The molecule has 0 N–H and O–H groups in total. The van der Waals surface area contributed by atoms with Gasteiger partial charge in [-0.2, -0.15) is 0 Å². The summed E-state index contributed by atoms with van der Waals surface area (Å²) < 4.78 is 4.53. The minimum Gasteiger partial charge on any atom is -0.469 e. The van der Waals surface area contributed by atoms with Crippen LogP contribution in [0.25, 0.3) is 0 Å². The molecule has 0 fully saturated rings. The van der Waals surface area contributed by atoms with Crippen LogP contribution in [-0.2, 0) is 9.53 Å². The zero-order valence-electron chi connectivity index (χ0n) is 8.46. The van der Waals surface area contributed by atoms with Gasteiger partial charge < -0.3 is 4.74 Å². The fourth-order valence-electron chi connectivity index (χ4n) is 0.735. The molecule has 0 spiro atoms. The van der Waals surface area contributed by atoms with Gasteiger partial charge in [0.25, 0.3) is 0 Å². The van der Waals surface area contributed by atoms with Crippen LogP contribution in [0, 0.1) is 0 Å². The van der Waals surface area contributed by atoms with Crippen molar-refractivity contribution in [1.82, 2.24) is 0 Å². The van der Waals surface area contributed by atoms with E-state index in [-0.39, 0.29) is 5.97 Å². The third-order valence-electron chi connectivity index (χ3n) is 1.41. The van der Waals surface area contributed by atoms with E-state index in [1.807, 2.05) is 32.1 Å². The normalized spacial score (nSPS) is 11.8. The van der Waals surface area contributed by atoms with Gasteiger partial charge in [0.05, 0.1) is 13.5 Å². The molecule has 0 aliphatic carbocycles. The number of ether oxygens (including phenoxy) is 1. The Morgan fingerprint density at radius 3 is 2.54 bits per heavy atom. The van der Waals surface area contributed by atoms with Crippen molar-refractivity contribution >= 4 is 5.97 Å². The summed E-state index contributed by atoms with van der Waals surface area (Å²) in [6.07, 6.45) is 5.99. The van der Waals surface area contributed by atoms with Gasteiger partial charge in [-0.15, -0.1) is 0 Å². The molecule has 13 heavy (non-hydrogen) atoms. The highest BCUT2D eigenvalue weighted by Crippen LogP contribution is 2.02. The lowest BCUT2D eigenvalue weighted by molar-refractivity contribution is -0.139. The van der Waals surface area contributed by atoms with E-state index in [1.165, 1.54) is 7.11 Å². The maximum Gasteiger partial charge on any atom is 0.309 e. The standard InChI is InChI=1S/C11H16O2/c1-9(2)6-5-7-10(3)8-11(12)13-4/h5-7H,1,8H2,2-4H3/b6-5+,10-7+. The Balaban J connectivity index is 4.03. The van der Waals surface area contributed by atoms with Crippen molar-refractivity contribution in [2.75, 3.05) is 7.11 Å². The molecule has 0 unspecified atom stereocenters. The van der Waals surface area contributed by atoms with Gasteiger partial charge in [-0.1, -0.05) is 36.0 Å². The Kier molecular flexibility index (Phi) is 5.60. The molecule has 0 atom stereocenters. The Morgan fingerprint density at radius 2 is 2.08 bits per heavy atom. The van der Waals surface area contributed by atoms with Crippen LogP contribution >= 0.6 is 0 Å². The van der Waals surface area contributed by atoms with Crippen LogP contribution in [0.15, 0.2) is 36.0 Å². The lowest BCUT2D eigenvalue weighted by Gasteiger charge is -1.97. The number of methoxy groups -OCH3 is 1. The number of carbonyl (C=O) groups excluding carboxylic acids is 1. The van der Waals surface area contributed by atoms with Crippen molar-refractivity contribution in [2.45, 2.75) is 20.3 Å². The second-order valence-corrected chi connectivity index (χ2v) is 2.97. The third-order valence-corrected chi connectivity index (χ3v) is 1.41. The first kappa shape index (κ1) is 11.7. The van der Waals surface area contributed by atoms with Gasteiger partial charge in [-0.3, -0.25) is 4.79 Å². The summed E-state index contributed by atoms with van der Waals surface area (Å²) in [6.45, 7) is 7.53. The summed E-state index contributed by atoms with van der Waals surface area (Å²) in [5.41, 5.74) is 1.96. The van der Waals surface area contributed by atoms with E-state index in [0.717, 1.165) is 11.1 Å². The molecule has 0 aliphatic heterocycles. The highest BCUT2D eigenvalue weighted by atomic mass is 16.5. The molecule has 0 aromatic carbocycles. The molecular weight excluding hydrogens is 164 g/mol. The molecular formula is C11H16O2.